The zero-order valence-electron chi connectivity index (χ0n) is 10.9. The topological polar surface area (TPSA) is 56.0 Å². The van der Waals surface area contributed by atoms with E-state index in [1.165, 1.54) is 11.1 Å². The van der Waals surface area contributed by atoms with Crippen molar-refractivity contribution in [2.24, 2.45) is 5.92 Å². The van der Waals surface area contributed by atoms with Crippen LogP contribution in [0.25, 0.3) is 0 Å². The van der Waals surface area contributed by atoms with Gasteiger partial charge < -0.3 is 4.52 Å². The number of benzene rings is 1. The average Bonchev–Trinajstić information content (AvgIpc) is 3.16. The van der Waals surface area contributed by atoms with Crippen molar-refractivity contribution in [2.45, 2.75) is 32.6 Å². The number of aryl methyl sites for hydroxylation is 1. The summed E-state index contributed by atoms with van der Waals surface area (Å²) in [5, 5.41) is 3.95. The SMILES string of the molecule is Cc1ccccc1Cc1noc(CC(=O)C2CC2)n1. The lowest BCUT2D eigenvalue weighted by atomic mass is 10.1. The lowest BCUT2D eigenvalue weighted by molar-refractivity contribution is -0.119. The lowest BCUT2D eigenvalue weighted by Gasteiger charge is -2.00. The molecule has 4 nitrogen and oxygen atoms in total. The molecule has 2 aromatic rings. The molecule has 1 aromatic heterocycles. The van der Waals surface area contributed by atoms with Gasteiger partial charge in [-0.25, -0.2) is 0 Å². The summed E-state index contributed by atoms with van der Waals surface area (Å²) >= 11 is 0. The second-order valence-corrected chi connectivity index (χ2v) is 5.12. The first-order valence-corrected chi connectivity index (χ1v) is 6.61. The minimum atomic E-state index is 0.228. The van der Waals surface area contributed by atoms with E-state index >= 15 is 0 Å². The van der Waals surface area contributed by atoms with Gasteiger partial charge in [0.05, 0.1) is 6.42 Å². The summed E-state index contributed by atoms with van der Waals surface area (Å²) in [5.74, 6) is 1.56. The van der Waals surface area contributed by atoms with Crippen molar-refractivity contribution in [2.75, 3.05) is 0 Å². The van der Waals surface area contributed by atoms with E-state index in [1.54, 1.807) is 0 Å². The Labute approximate surface area is 111 Å². The standard InChI is InChI=1S/C15H16N2O2/c1-10-4-2-3-5-12(10)8-14-16-15(19-17-14)9-13(18)11-6-7-11/h2-5,11H,6-9H2,1H3. The van der Waals surface area contributed by atoms with Crippen LogP contribution in [0.5, 0.6) is 0 Å². The van der Waals surface area contributed by atoms with Gasteiger partial charge in [-0.1, -0.05) is 29.4 Å². The second kappa shape index (κ2) is 4.96. The maximum atomic E-state index is 11.7. The van der Waals surface area contributed by atoms with Crippen LogP contribution in [0.2, 0.25) is 0 Å². The molecule has 98 valence electrons. The zero-order valence-corrected chi connectivity index (χ0v) is 10.9. The van der Waals surface area contributed by atoms with Gasteiger partial charge in [0, 0.05) is 12.3 Å². The summed E-state index contributed by atoms with van der Waals surface area (Å²) in [6, 6.07) is 8.13. The molecule has 1 aliphatic carbocycles. The second-order valence-electron chi connectivity index (χ2n) is 5.12. The molecule has 0 aliphatic heterocycles. The molecule has 0 radical (unpaired) electrons. The number of carbonyl (C=O) groups is 1. The van der Waals surface area contributed by atoms with E-state index < -0.39 is 0 Å². The number of Topliss-reactive ketones (excluding diaryl/α,β-unsaturated/α-hetero) is 1. The third-order valence-electron chi connectivity index (χ3n) is 3.48. The maximum Gasteiger partial charge on any atom is 0.234 e. The van der Waals surface area contributed by atoms with Crippen molar-refractivity contribution >= 4 is 5.78 Å². The third-order valence-corrected chi connectivity index (χ3v) is 3.48. The Morgan fingerprint density at radius 2 is 2.16 bits per heavy atom. The van der Waals surface area contributed by atoms with Crippen LogP contribution >= 0.6 is 0 Å². The van der Waals surface area contributed by atoms with Crippen molar-refractivity contribution in [3.8, 4) is 0 Å². The highest BCUT2D eigenvalue weighted by Crippen LogP contribution is 2.30. The molecule has 3 rings (SSSR count). The zero-order chi connectivity index (χ0) is 13.2. The number of carbonyl (C=O) groups excluding carboxylic acids is 1. The van der Waals surface area contributed by atoms with E-state index in [9.17, 15) is 4.79 Å². The van der Waals surface area contributed by atoms with Crippen molar-refractivity contribution in [3.05, 3.63) is 47.1 Å². The number of nitrogens with zero attached hydrogens (tertiary/aromatic N) is 2. The highest BCUT2D eigenvalue weighted by molar-refractivity contribution is 5.84. The van der Waals surface area contributed by atoms with Gasteiger partial charge in [0.15, 0.2) is 5.82 Å². The van der Waals surface area contributed by atoms with E-state index in [1.807, 2.05) is 12.1 Å². The van der Waals surface area contributed by atoms with Crippen LogP contribution in [0.3, 0.4) is 0 Å². The predicted octanol–water partition coefficient (Wildman–Crippen LogP) is 2.49. The fraction of sp³-hybridized carbons (Fsp3) is 0.400. The minimum absolute atomic E-state index is 0.228. The maximum absolute atomic E-state index is 11.7. The molecule has 4 heteroatoms. The molecule has 1 heterocycles. The Hall–Kier alpha value is -1.97. The van der Waals surface area contributed by atoms with Gasteiger partial charge >= 0.3 is 0 Å². The van der Waals surface area contributed by atoms with Crippen LogP contribution < -0.4 is 0 Å². The van der Waals surface area contributed by atoms with Gasteiger partial charge in [-0.15, -0.1) is 0 Å². The molecule has 0 unspecified atom stereocenters. The smallest absolute Gasteiger partial charge is 0.234 e. The minimum Gasteiger partial charge on any atom is -0.339 e. The largest absolute Gasteiger partial charge is 0.339 e. The van der Waals surface area contributed by atoms with Crippen molar-refractivity contribution < 1.29 is 9.32 Å². The van der Waals surface area contributed by atoms with Gasteiger partial charge in [-0.05, 0) is 30.9 Å². The van der Waals surface area contributed by atoms with Crippen molar-refractivity contribution in [3.63, 3.8) is 0 Å². The van der Waals surface area contributed by atoms with Gasteiger partial charge in [0.2, 0.25) is 5.89 Å². The van der Waals surface area contributed by atoms with E-state index in [0.717, 1.165) is 12.8 Å². The van der Waals surface area contributed by atoms with Crippen LogP contribution in [-0.4, -0.2) is 15.9 Å². The number of hydrogen-bond donors (Lipinski definition) is 0. The average molecular weight is 256 g/mol. The molecule has 1 saturated carbocycles. The number of hydrogen-bond acceptors (Lipinski definition) is 4. The van der Waals surface area contributed by atoms with E-state index in [4.69, 9.17) is 4.52 Å². The van der Waals surface area contributed by atoms with Crippen LogP contribution in [0, 0.1) is 12.8 Å². The molecular formula is C15H16N2O2. The van der Waals surface area contributed by atoms with Gasteiger partial charge in [0.1, 0.15) is 5.78 Å². The Bertz CT molecular complexity index is 600. The lowest BCUT2D eigenvalue weighted by Crippen LogP contribution is -2.05. The summed E-state index contributed by atoms with van der Waals surface area (Å²) in [6.07, 6.45) is 2.96. The first-order valence-electron chi connectivity index (χ1n) is 6.61. The first kappa shape index (κ1) is 12.1. The van der Waals surface area contributed by atoms with Gasteiger partial charge in [0.25, 0.3) is 0 Å². The number of aromatic nitrogens is 2. The van der Waals surface area contributed by atoms with Gasteiger partial charge in [-0.3, -0.25) is 4.79 Å². The molecule has 1 aliphatic rings. The summed E-state index contributed by atoms with van der Waals surface area (Å²) in [4.78, 5) is 16.0. The van der Waals surface area contributed by atoms with Crippen LogP contribution in [0.4, 0.5) is 0 Å². The molecule has 1 fully saturated rings. The molecule has 0 amide bonds. The van der Waals surface area contributed by atoms with Gasteiger partial charge in [-0.2, -0.15) is 4.98 Å². The van der Waals surface area contributed by atoms with Crippen LogP contribution in [-0.2, 0) is 17.6 Å². The summed E-state index contributed by atoms with van der Waals surface area (Å²) in [6.45, 7) is 2.06. The molecular weight excluding hydrogens is 240 g/mol. The molecule has 0 bridgehead atoms. The summed E-state index contributed by atoms with van der Waals surface area (Å²) in [7, 11) is 0. The summed E-state index contributed by atoms with van der Waals surface area (Å²) < 4.78 is 5.14. The monoisotopic (exact) mass is 256 g/mol. The highest BCUT2D eigenvalue weighted by Gasteiger charge is 2.30. The Morgan fingerprint density at radius 3 is 2.89 bits per heavy atom. The normalized spacial score (nSPS) is 14.6. The van der Waals surface area contributed by atoms with Crippen molar-refractivity contribution in [1.82, 2.24) is 10.1 Å². The molecule has 0 N–H and O–H groups in total. The Balaban J connectivity index is 1.67. The first-order chi connectivity index (χ1) is 9.22. The number of rotatable bonds is 5. The Morgan fingerprint density at radius 1 is 1.37 bits per heavy atom. The van der Waals surface area contributed by atoms with Crippen molar-refractivity contribution in [1.29, 1.82) is 0 Å². The predicted molar refractivity (Wildman–Crippen MR) is 69.7 cm³/mol. The van der Waals surface area contributed by atoms with E-state index in [-0.39, 0.29) is 18.1 Å². The number of ketones is 1. The van der Waals surface area contributed by atoms with E-state index in [2.05, 4.69) is 29.2 Å². The van der Waals surface area contributed by atoms with E-state index in [0.29, 0.717) is 18.1 Å². The third kappa shape index (κ3) is 2.89. The van der Waals surface area contributed by atoms with Crippen LogP contribution in [0.15, 0.2) is 28.8 Å². The van der Waals surface area contributed by atoms with Crippen LogP contribution in [0.1, 0.15) is 35.7 Å². The molecule has 0 saturated heterocycles. The highest BCUT2D eigenvalue weighted by atomic mass is 16.5. The fourth-order valence-corrected chi connectivity index (χ4v) is 2.11. The summed E-state index contributed by atoms with van der Waals surface area (Å²) in [5.41, 5.74) is 2.39. The molecule has 1 aromatic carbocycles. The Kier molecular flexibility index (Phi) is 3.15. The quantitative estimate of drug-likeness (QED) is 0.824. The molecule has 0 spiro atoms. The molecule has 19 heavy (non-hydrogen) atoms. The molecule has 0 atom stereocenters. The fourth-order valence-electron chi connectivity index (χ4n) is 2.11.